The topological polar surface area (TPSA) is 0 Å². The maximum Gasteiger partial charge on any atom is 0.0492 e. The molecule has 54 valence electrons. The molecule has 0 aromatic rings. The average molecular weight is 134 g/mol. The van der Waals surface area contributed by atoms with Crippen LogP contribution in [0.4, 0.5) is 0 Å². The van der Waals surface area contributed by atoms with Gasteiger partial charge < -0.3 is 0 Å². The highest BCUT2D eigenvalue weighted by Gasteiger charge is 2.37. The van der Waals surface area contributed by atoms with Crippen LogP contribution >= 0.6 is 0 Å². The number of hydrogen-bond acceptors (Lipinski definition) is 0. The monoisotopic (exact) mass is 134 g/mol. The van der Waals surface area contributed by atoms with Crippen LogP contribution in [0.25, 0.3) is 0 Å². The first-order chi connectivity index (χ1) is 4.83. The molecule has 0 heterocycles. The largest absolute Gasteiger partial charge is 0.119 e. The van der Waals surface area contributed by atoms with Gasteiger partial charge in [-0.15, -0.1) is 6.42 Å². The molecule has 0 unspecified atom stereocenters. The zero-order chi connectivity index (χ0) is 7.45. The van der Waals surface area contributed by atoms with E-state index in [1.54, 1.807) is 0 Å². The summed E-state index contributed by atoms with van der Waals surface area (Å²) in [4.78, 5) is 0. The van der Waals surface area contributed by atoms with Gasteiger partial charge in [0.2, 0.25) is 0 Å². The smallest absolute Gasteiger partial charge is 0.0492 e. The summed E-state index contributed by atoms with van der Waals surface area (Å²) in [6.07, 6.45) is 14.6. The Labute approximate surface area is 63.3 Å². The van der Waals surface area contributed by atoms with Gasteiger partial charge in [-0.2, -0.15) is 0 Å². The lowest BCUT2D eigenvalue weighted by atomic mass is 10.1. The van der Waals surface area contributed by atoms with E-state index in [1.165, 1.54) is 25.7 Å². The van der Waals surface area contributed by atoms with Crippen molar-refractivity contribution in [1.29, 1.82) is 0 Å². The zero-order valence-electron chi connectivity index (χ0n) is 6.56. The summed E-state index contributed by atoms with van der Waals surface area (Å²) in [5, 5.41) is 0. The normalized spacial score (nSPS) is 20.8. The molecule has 0 radical (unpaired) electrons. The first-order valence-electron chi connectivity index (χ1n) is 3.98. The molecular weight excluding hydrogens is 120 g/mol. The van der Waals surface area contributed by atoms with Crippen LogP contribution in [0.3, 0.4) is 0 Å². The van der Waals surface area contributed by atoms with Gasteiger partial charge in [0.1, 0.15) is 0 Å². The van der Waals surface area contributed by atoms with Gasteiger partial charge in [-0.05, 0) is 19.3 Å². The van der Waals surface area contributed by atoms with Crippen LogP contribution in [0.1, 0.15) is 32.6 Å². The highest BCUT2D eigenvalue weighted by Crippen LogP contribution is 2.46. The van der Waals surface area contributed by atoms with Crippen molar-refractivity contribution in [3.05, 3.63) is 12.2 Å². The summed E-state index contributed by atoms with van der Waals surface area (Å²) < 4.78 is 0. The second-order valence-electron chi connectivity index (χ2n) is 2.99. The van der Waals surface area contributed by atoms with Crippen molar-refractivity contribution in [3.63, 3.8) is 0 Å². The third-order valence-corrected chi connectivity index (χ3v) is 1.97. The van der Waals surface area contributed by atoms with E-state index in [2.05, 4.69) is 25.0 Å². The van der Waals surface area contributed by atoms with E-state index in [9.17, 15) is 0 Å². The molecule has 0 atom stereocenters. The van der Waals surface area contributed by atoms with E-state index in [-0.39, 0.29) is 5.41 Å². The minimum atomic E-state index is 0.190. The van der Waals surface area contributed by atoms with Crippen molar-refractivity contribution >= 4 is 0 Å². The van der Waals surface area contributed by atoms with E-state index >= 15 is 0 Å². The predicted molar refractivity (Wildman–Crippen MR) is 44.5 cm³/mol. The lowest BCUT2D eigenvalue weighted by Gasteiger charge is -1.95. The zero-order valence-corrected chi connectivity index (χ0v) is 6.56. The fraction of sp³-hybridized carbons (Fsp3) is 0.600. The molecule has 1 aliphatic carbocycles. The number of hydrogen-bond donors (Lipinski definition) is 0. The van der Waals surface area contributed by atoms with Gasteiger partial charge in [0.25, 0.3) is 0 Å². The fourth-order valence-electron chi connectivity index (χ4n) is 0.969. The van der Waals surface area contributed by atoms with E-state index in [4.69, 9.17) is 6.42 Å². The van der Waals surface area contributed by atoms with Crippen molar-refractivity contribution in [1.82, 2.24) is 0 Å². The Morgan fingerprint density at radius 1 is 1.60 bits per heavy atom. The standard InChI is InChI=1S/C10H14/c1-3-5-6-7-10(4-2)8-9-10/h2,6-7H,3,5,8-9H2,1H3/b7-6+. The molecule has 1 saturated carbocycles. The van der Waals surface area contributed by atoms with Crippen LogP contribution in [0.2, 0.25) is 0 Å². The molecule has 0 spiro atoms. The summed E-state index contributed by atoms with van der Waals surface area (Å²) in [5.74, 6) is 2.82. The summed E-state index contributed by atoms with van der Waals surface area (Å²) in [7, 11) is 0. The molecule has 1 rings (SSSR count). The lowest BCUT2D eigenvalue weighted by molar-refractivity contribution is 0.873. The quantitative estimate of drug-likeness (QED) is 0.411. The number of unbranched alkanes of at least 4 members (excludes halogenated alkanes) is 1. The Morgan fingerprint density at radius 2 is 2.30 bits per heavy atom. The van der Waals surface area contributed by atoms with Crippen LogP contribution in [0.5, 0.6) is 0 Å². The molecule has 0 N–H and O–H groups in total. The summed E-state index contributed by atoms with van der Waals surface area (Å²) >= 11 is 0. The van der Waals surface area contributed by atoms with Gasteiger partial charge in [0.05, 0.1) is 0 Å². The van der Waals surface area contributed by atoms with E-state index in [0.717, 1.165) is 0 Å². The van der Waals surface area contributed by atoms with E-state index in [0.29, 0.717) is 0 Å². The molecule has 10 heavy (non-hydrogen) atoms. The fourth-order valence-corrected chi connectivity index (χ4v) is 0.969. The number of terminal acetylenes is 1. The van der Waals surface area contributed by atoms with Gasteiger partial charge in [0.15, 0.2) is 0 Å². The van der Waals surface area contributed by atoms with Gasteiger partial charge in [-0.25, -0.2) is 0 Å². The predicted octanol–water partition coefficient (Wildman–Crippen LogP) is 2.76. The highest BCUT2D eigenvalue weighted by atomic mass is 14.4. The van der Waals surface area contributed by atoms with Crippen molar-refractivity contribution in [2.75, 3.05) is 0 Å². The first-order valence-corrected chi connectivity index (χ1v) is 3.98. The number of rotatable bonds is 3. The highest BCUT2D eigenvalue weighted by molar-refractivity contribution is 5.24. The molecule has 0 heteroatoms. The van der Waals surface area contributed by atoms with Crippen molar-refractivity contribution in [3.8, 4) is 12.3 Å². The maximum absolute atomic E-state index is 5.35. The van der Waals surface area contributed by atoms with Crippen molar-refractivity contribution in [2.45, 2.75) is 32.6 Å². The summed E-state index contributed by atoms with van der Waals surface area (Å²) in [5.41, 5.74) is 0.190. The van der Waals surface area contributed by atoms with Crippen LogP contribution in [0, 0.1) is 17.8 Å². The maximum atomic E-state index is 5.35. The van der Waals surface area contributed by atoms with Crippen LogP contribution in [-0.2, 0) is 0 Å². The second kappa shape index (κ2) is 2.92. The minimum absolute atomic E-state index is 0.190. The molecule has 0 amide bonds. The molecule has 0 bridgehead atoms. The van der Waals surface area contributed by atoms with Gasteiger partial charge >= 0.3 is 0 Å². The van der Waals surface area contributed by atoms with Gasteiger partial charge in [0, 0.05) is 5.41 Å². The Morgan fingerprint density at radius 3 is 2.70 bits per heavy atom. The van der Waals surface area contributed by atoms with E-state index in [1.807, 2.05) is 0 Å². The molecule has 1 fully saturated rings. The molecule has 0 saturated heterocycles. The Bertz CT molecular complexity index is 165. The number of allylic oxidation sites excluding steroid dienone is 2. The molecule has 0 aliphatic heterocycles. The third-order valence-electron chi connectivity index (χ3n) is 1.97. The molecule has 0 aromatic carbocycles. The van der Waals surface area contributed by atoms with Crippen molar-refractivity contribution in [2.24, 2.45) is 5.41 Å². The van der Waals surface area contributed by atoms with Gasteiger partial charge in [-0.3, -0.25) is 0 Å². The third kappa shape index (κ3) is 1.64. The Kier molecular flexibility index (Phi) is 2.17. The Balaban J connectivity index is 2.31. The Hall–Kier alpha value is -0.700. The minimum Gasteiger partial charge on any atom is -0.119 e. The SMILES string of the molecule is C#CC1(/C=C/CCC)CC1. The molecular formula is C10H14. The van der Waals surface area contributed by atoms with Crippen LogP contribution in [0.15, 0.2) is 12.2 Å². The molecule has 0 aromatic heterocycles. The summed E-state index contributed by atoms with van der Waals surface area (Å²) in [6.45, 7) is 2.18. The second-order valence-corrected chi connectivity index (χ2v) is 2.99. The summed E-state index contributed by atoms with van der Waals surface area (Å²) in [6, 6.07) is 0. The van der Waals surface area contributed by atoms with E-state index < -0.39 is 0 Å². The van der Waals surface area contributed by atoms with Crippen molar-refractivity contribution < 1.29 is 0 Å². The average Bonchev–Trinajstić information content (AvgIpc) is 2.70. The van der Waals surface area contributed by atoms with Crippen LogP contribution in [-0.4, -0.2) is 0 Å². The molecule has 1 aliphatic rings. The van der Waals surface area contributed by atoms with Gasteiger partial charge in [-0.1, -0.05) is 31.4 Å². The first kappa shape index (κ1) is 7.41. The molecule has 0 nitrogen and oxygen atoms in total. The van der Waals surface area contributed by atoms with Crippen LogP contribution < -0.4 is 0 Å². The lowest BCUT2D eigenvalue weighted by Crippen LogP contribution is -1.87.